The summed E-state index contributed by atoms with van der Waals surface area (Å²) in [5, 5.41) is 2.21. The number of imide groups is 1. The van der Waals surface area contributed by atoms with E-state index < -0.39 is 23.9 Å². The third-order valence-corrected chi connectivity index (χ3v) is 3.08. The minimum absolute atomic E-state index is 0.114. The van der Waals surface area contributed by atoms with E-state index in [1.165, 1.54) is 4.90 Å². The molecular formula is C14H16N2O4. The van der Waals surface area contributed by atoms with Crippen LogP contribution in [0.1, 0.15) is 18.9 Å². The molecule has 0 aromatic heterocycles. The summed E-state index contributed by atoms with van der Waals surface area (Å²) in [5.74, 6) is -0.947. The lowest BCUT2D eigenvalue weighted by Gasteiger charge is -2.32. The number of carbonyl (C=O) groups is 3. The van der Waals surface area contributed by atoms with Crippen LogP contribution < -0.4 is 5.32 Å². The van der Waals surface area contributed by atoms with E-state index in [-0.39, 0.29) is 13.2 Å². The highest BCUT2D eigenvalue weighted by atomic mass is 16.6. The van der Waals surface area contributed by atoms with Gasteiger partial charge in [-0.15, -0.1) is 0 Å². The molecule has 0 radical (unpaired) electrons. The Morgan fingerprint density at radius 2 is 2.05 bits per heavy atom. The first kappa shape index (κ1) is 14.0. The van der Waals surface area contributed by atoms with Gasteiger partial charge in [0.2, 0.25) is 11.8 Å². The largest absolute Gasteiger partial charge is 0.445 e. The van der Waals surface area contributed by atoms with Gasteiger partial charge in [-0.2, -0.15) is 0 Å². The Kier molecular flexibility index (Phi) is 4.34. The zero-order valence-electron chi connectivity index (χ0n) is 11.2. The maximum atomic E-state index is 12.0. The van der Waals surface area contributed by atoms with Crippen LogP contribution in [-0.4, -0.2) is 35.4 Å². The quantitative estimate of drug-likeness (QED) is 0.838. The molecule has 1 fully saturated rings. The highest BCUT2D eigenvalue weighted by Crippen LogP contribution is 2.12. The fraction of sp³-hybridized carbons (Fsp3) is 0.357. The van der Waals surface area contributed by atoms with Crippen LogP contribution in [0, 0.1) is 0 Å². The number of rotatable bonds is 3. The van der Waals surface area contributed by atoms with Crippen molar-refractivity contribution in [2.45, 2.75) is 26.0 Å². The van der Waals surface area contributed by atoms with Crippen molar-refractivity contribution in [2.24, 2.45) is 0 Å². The van der Waals surface area contributed by atoms with Crippen molar-refractivity contribution < 1.29 is 19.1 Å². The van der Waals surface area contributed by atoms with Gasteiger partial charge in [0.15, 0.2) is 0 Å². The second-order valence-corrected chi connectivity index (χ2v) is 4.50. The van der Waals surface area contributed by atoms with Gasteiger partial charge in [-0.1, -0.05) is 37.3 Å². The molecule has 0 bridgehead atoms. The Bertz CT molecular complexity index is 515. The van der Waals surface area contributed by atoms with Gasteiger partial charge < -0.3 is 4.74 Å². The van der Waals surface area contributed by atoms with E-state index in [2.05, 4.69) is 5.32 Å². The number of piperazine rings is 1. The van der Waals surface area contributed by atoms with E-state index >= 15 is 0 Å². The average molecular weight is 276 g/mol. The number of hydrogen-bond acceptors (Lipinski definition) is 4. The number of amides is 3. The van der Waals surface area contributed by atoms with Gasteiger partial charge in [0.1, 0.15) is 19.2 Å². The van der Waals surface area contributed by atoms with Crippen molar-refractivity contribution in [3.05, 3.63) is 35.9 Å². The molecule has 1 heterocycles. The first-order chi connectivity index (χ1) is 9.61. The minimum Gasteiger partial charge on any atom is -0.445 e. The monoisotopic (exact) mass is 276 g/mol. The molecule has 3 amide bonds. The van der Waals surface area contributed by atoms with E-state index in [4.69, 9.17) is 4.74 Å². The highest BCUT2D eigenvalue weighted by molar-refractivity contribution is 6.03. The molecule has 0 aliphatic carbocycles. The van der Waals surface area contributed by atoms with Gasteiger partial charge in [-0.05, 0) is 12.0 Å². The number of nitrogens with one attached hydrogen (secondary N) is 1. The van der Waals surface area contributed by atoms with Gasteiger partial charge in [0.05, 0.1) is 0 Å². The smallest absolute Gasteiger partial charge is 0.411 e. The molecule has 1 unspecified atom stereocenters. The fourth-order valence-corrected chi connectivity index (χ4v) is 2.07. The van der Waals surface area contributed by atoms with Crippen LogP contribution in [0.3, 0.4) is 0 Å². The van der Waals surface area contributed by atoms with Crippen molar-refractivity contribution in [3.8, 4) is 0 Å². The van der Waals surface area contributed by atoms with Gasteiger partial charge in [-0.25, -0.2) is 4.79 Å². The lowest BCUT2D eigenvalue weighted by Crippen LogP contribution is -2.59. The standard InChI is InChI=1S/C14H16N2O4/c1-2-11-13(18)15-12(17)8-16(11)14(19)20-9-10-6-4-3-5-7-10/h3-7,11H,2,8-9H2,1H3,(H,15,17,18). The van der Waals surface area contributed by atoms with E-state index in [0.717, 1.165) is 5.56 Å². The molecule has 2 rings (SSSR count). The summed E-state index contributed by atoms with van der Waals surface area (Å²) in [7, 11) is 0. The van der Waals surface area contributed by atoms with Crippen LogP contribution in [0.5, 0.6) is 0 Å². The van der Waals surface area contributed by atoms with Gasteiger partial charge in [0.25, 0.3) is 0 Å². The Morgan fingerprint density at radius 3 is 2.70 bits per heavy atom. The first-order valence-electron chi connectivity index (χ1n) is 6.43. The van der Waals surface area contributed by atoms with Crippen molar-refractivity contribution in [2.75, 3.05) is 6.54 Å². The number of carbonyl (C=O) groups excluding carboxylic acids is 3. The molecule has 0 saturated carbocycles. The average Bonchev–Trinajstić information content (AvgIpc) is 2.45. The summed E-state index contributed by atoms with van der Waals surface area (Å²) in [6.45, 7) is 1.73. The van der Waals surface area contributed by atoms with Gasteiger partial charge in [-0.3, -0.25) is 19.8 Å². The van der Waals surface area contributed by atoms with Crippen LogP contribution in [0.4, 0.5) is 4.79 Å². The van der Waals surface area contributed by atoms with Crippen LogP contribution in [0.25, 0.3) is 0 Å². The zero-order chi connectivity index (χ0) is 14.5. The SMILES string of the molecule is CCC1C(=O)NC(=O)CN1C(=O)OCc1ccccc1. The van der Waals surface area contributed by atoms with Crippen LogP contribution in [0.15, 0.2) is 30.3 Å². The number of hydrogen-bond donors (Lipinski definition) is 1. The second-order valence-electron chi connectivity index (χ2n) is 4.50. The summed E-state index contributed by atoms with van der Waals surface area (Å²) < 4.78 is 5.15. The van der Waals surface area contributed by atoms with Crippen molar-refractivity contribution >= 4 is 17.9 Å². The van der Waals surface area contributed by atoms with Crippen LogP contribution >= 0.6 is 0 Å². The molecule has 1 saturated heterocycles. The van der Waals surface area contributed by atoms with E-state index in [9.17, 15) is 14.4 Å². The Balaban J connectivity index is 1.99. The van der Waals surface area contributed by atoms with Crippen molar-refractivity contribution in [1.29, 1.82) is 0 Å². The number of ether oxygens (including phenoxy) is 1. The van der Waals surface area contributed by atoms with Gasteiger partial charge >= 0.3 is 6.09 Å². The summed E-state index contributed by atoms with van der Waals surface area (Å²) in [6, 6.07) is 8.56. The molecule has 0 spiro atoms. The molecule has 1 aliphatic heterocycles. The topological polar surface area (TPSA) is 75.7 Å². The highest BCUT2D eigenvalue weighted by Gasteiger charge is 2.36. The molecule has 1 aliphatic rings. The predicted octanol–water partition coefficient (Wildman–Crippen LogP) is 1.06. The predicted molar refractivity (Wildman–Crippen MR) is 70.6 cm³/mol. The Labute approximate surface area is 116 Å². The van der Waals surface area contributed by atoms with Crippen LogP contribution in [-0.2, 0) is 20.9 Å². The third-order valence-electron chi connectivity index (χ3n) is 3.08. The van der Waals surface area contributed by atoms with Crippen LogP contribution in [0.2, 0.25) is 0 Å². The molecule has 1 atom stereocenters. The molecule has 6 heteroatoms. The number of benzene rings is 1. The zero-order valence-corrected chi connectivity index (χ0v) is 11.2. The van der Waals surface area contributed by atoms with Gasteiger partial charge in [0, 0.05) is 0 Å². The Morgan fingerprint density at radius 1 is 1.35 bits per heavy atom. The summed E-state index contributed by atoms with van der Waals surface area (Å²) >= 11 is 0. The number of nitrogens with zero attached hydrogens (tertiary/aromatic N) is 1. The summed E-state index contributed by atoms with van der Waals surface area (Å²) in [4.78, 5) is 36.2. The lowest BCUT2D eigenvalue weighted by atomic mass is 10.1. The normalized spacial score (nSPS) is 18.6. The molecule has 1 aromatic rings. The maximum Gasteiger partial charge on any atom is 0.411 e. The lowest BCUT2D eigenvalue weighted by molar-refractivity contribution is -0.139. The third kappa shape index (κ3) is 3.14. The minimum atomic E-state index is -0.657. The molecule has 1 aromatic carbocycles. The summed E-state index contributed by atoms with van der Waals surface area (Å²) in [6.07, 6.45) is -0.219. The van der Waals surface area contributed by atoms with E-state index in [0.29, 0.717) is 6.42 Å². The Hall–Kier alpha value is -2.37. The maximum absolute atomic E-state index is 12.0. The second kappa shape index (κ2) is 6.18. The molecule has 1 N–H and O–H groups in total. The molecule has 106 valence electrons. The summed E-state index contributed by atoms with van der Waals surface area (Å²) in [5.41, 5.74) is 0.849. The molecule has 20 heavy (non-hydrogen) atoms. The first-order valence-corrected chi connectivity index (χ1v) is 6.43. The van der Waals surface area contributed by atoms with Crippen molar-refractivity contribution in [1.82, 2.24) is 10.2 Å². The molecule has 6 nitrogen and oxygen atoms in total. The molecular weight excluding hydrogens is 260 g/mol. The van der Waals surface area contributed by atoms with E-state index in [1.54, 1.807) is 6.92 Å². The fourth-order valence-electron chi connectivity index (χ4n) is 2.07. The van der Waals surface area contributed by atoms with E-state index in [1.807, 2.05) is 30.3 Å². The van der Waals surface area contributed by atoms with Crippen molar-refractivity contribution in [3.63, 3.8) is 0 Å².